The quantitative estimate of drug-likeness (QED) is 0.608. The highest BCUT2D eigenvalue weighted by Crippen LogP contribution is 1.99. The Labute approximate surface area is 89.8 Å². The highest BCUT2D eigenvalue weighted by Gasteiger charge is 1.87. The number of carboxylic acid groups (broad SMARTS) is 1. The number of nitrogens with zero attached hydrogens (tertiary/aromatic N) is 1. The molecule has 0 radical (unpaired) electrons. The van der Waals surface area contributed by atoms with E-state index in [0.717, 1.165) is 18.2 Å². The zero-order valence-electron chi connectivity index (χ0n) is 8.81. The molecule has 1 N–H and O–H groups in total. The molecule has 1 aromatic heterocycles. The van der Waals surface area contributed by atoms with E-state index in [9.17, 15) is 4.79 Å². The topological polar surface area (TPSA) is 50.2 Å². The molecular formula is C12H15NO2. The van der Waals surface area contributed by atoms with Gasteiger partial charge in [-0.25, -0.2) is 4.79 Å². The van der Waals surface area contributed by atoms with Gasteiger partial charge in [0.2, 0.25) is 0 Å². The van der Waals surface area contributed by atoms with Crippen LogP contribution in [0.15, 0.2) is 43.6 Å². The van der Waals surface area contributed by atoms with Crippen molar-refractivity contribution in [2.24, 2.45) is 0 Å². The Hall–Kier alpha value is -1.90. The summed E-state index contributed by atoms with van der Waals surface area (Å²) < 4.78 is 0. The Morgan fingerprint density at radius 1 is 1.53 bits per heavy atom. The van der Waals surface area contributed by atoms with Crippen LogP contribution >= 0.6 is 0 Å². The maximum absolute atomic E-state index is 9.25. The number of hydrogen-bond donors (Lipinski definition) is 1. The van der Waals surface area contributed by atoms with Gasteiger partial charge >= 0.3 is 5.97 Å². The molecule has 3 heteroatoms. The van der Waals surface area contributed by atoms with Gasteiger partial charge in [0.25, 0.3) is 0 Å². The summed E-state index contributed by atoms with van der Waals surface area (Å²) in [5.41, 5.74) is 2.29. The maximum atomic E-state index is 9.25. The highest BCUT2D eigenvalue weighted by molar-refractivity contribution is 5.78. The second-order valence-corrected chi connectivity index (χ2v) is 2.84. The molecule has 0 saturated carbocycles. The molecule has 15 heavy (non-hydrogen) atoms. The number of carbonyl (C=O) groups is 1. The van der Waals surface area contributed by atoms with Gasteiger partial charge in [-0.05, 0) is 25.0 Å². The van der Waals surface area contributed by atoms with Crippen molar-refractivity contribution >= 4 is 5.97 Å². The second-order valence-electron chi connectivity index (χ2n) is 2.84. The number of pyridine rings is 1. The summed E-state index contributed by atoms with van der Waals surface area (Å²) in [5, 5.41) is 7.60. The van der Waals surface area contributed by atoms with Crippen LogP contribution in [0.25, 0.3) is 0 Å². The minimum Gasteiger partial charge on any atom is -0.478 e. The van der Waals surface area contributed by atoms with Crippen LogP contribution in [0, 0.1) is 6.92 Å². The molecule has 3 nitrogen and oxygen atoms in total. The van der Waals surface area contributed by atoms with Crippen molar-refractivity contribution in [2.75, 3.05) is 0 Å². The van der Waals surface area contributed by atoms with Gasteiger partial charge < -0.3 is 5.11 Å². The second kappa shape index (κ2) is 7.50. The fourth-order valence-electron chi connectivity index (χ4n) is 0.786. The molecule has 0 aliphatic carbocycles. The minimum atomic E-state index is -0.981. The third-order valence-corrected chi connectivity index (χ3v) is 1.53. The third kappa shape index (κ3) is 7.19. The van der Waals surface area contributed by atoms with Crippen LogP contribution in [0.1, 0.15) is 11.3 Å². The van der Waals surface area contributed by atoms with Crippen molar-refractivity contribution < 1.29 is 9.90 Å². The van der Waals surface area contributed by atoms with Crippen LogP contribution in [0.5, 0.6) is 0 Å². The Balaban J connectivity index is 0.000000336. The Morgan fingerprint density at radius 2 is 2.13 bits per heavy atom. The number of allylic oxidation sites excluding steroid dienone is 1. The molecule has 1 heterocycles. The largest absolute Gasteiger partial charge is 0.478 e. The van der Waals surface area contributed by atoms with E-state index in [2.05, 4.69) is 24.2 Å². The molecule has 0 aromatic carbocycles. The molecule has 0 spiro atoms. The van der Waals surface area contributed by atoms with Gasteiger partial charge in [-0.1, -0.05) is 18.7 Å². The summed E-state index contributed by atoms with van der Waals surface area (Å²) in [4.78, 5) is 13.4. The summed E-state index contributed by atoms with van der Waals surface area (Å²) in [6.45, 7) is 8.60. The normalized spacial score (nSPS) is 8.33. The van der Waals surface area contributed by atoms with Gasteiger partial charge in [0.1, 0.15) is 0 Å². The van der Waals surface area contributed by atoms with Crippen molar-refractivity contribution in [1.82, 2.24) is 4.98 Å². The third-order valence-electron chi connectivity index (χ3n) is 1.53. The average molecular weight is 205 g/mol. The highest BCUT2D eigenvalue weighted by atomic mass is 16.4. The van der Waals surface area contributed by atoms with Crippen molar-refractivity contribution in [3.8, 4) is 0 Å². The first-order chi connectivity index (χ1) is 7.10. The molecule has 0 bridgehead atoms. The number of carboxylic acids is 1. The maximum Gasteiger partial charge on any atom is 0.327 e. The Bertz CT molecular complexity index is 328. The van der Waals surface area contributed by atoms with Crippen LogP contribution in [-0.4, -0.2) is 16.1 Å². The molecule has 0 aliphatic heterocycles. The summed E-state index contributed by atoms with van der Waals surface area (Å²) in [5.74, 6) is -0.981. The predicted octanol–water partition coefficient (Wildman–Crippen LogP) is 2.38. The van der Waals surface area contributed by atoms with Crippen LogP contribution in [0.2, 0.25) is 0 Å². The fraction of sp³-hybridized carbons (Fsp3) is 0.167. The summed E-state index contributed by atoms with van der Waals surface area (Å²) in [6, 6.07) is 4.09. The number of aryl methyl sites for hydroxylation is 1. The van der Waals surface area contributed by atoms with Crippen molar-refractivity contribution in [1.29, 1.82) is 0 Å². The zero-order valence-corrected chi connectivity index (χ0v) is 8.81. The molecule has 0 amide bonds. The number of rotatable bonds is 3. The van der Waals surface area contributed by atoms with Crippen molar-refractivity contribution in [3.63, 3.8) is 0 Å². The van der Waals surface area contributed by atoms with Gasteiger partial charge in [-0.15, -0.1) is 6.58 Å². The SMILES string of the molecule is C=CC(=O)O.C=CCc1ccc(C)nc1. The first kappa shape index (κ1) is 13.1. The monoisotopic (exact) mass is 205 g/mol. The molecule has 0 aliphatic rings. The molecule has 80 valence electrons. The van der Waals surface area contributed by atoms with Crippen molar-refractivity contribution in [3.05, 3.63) is 54.9 Å². The van der Waals surface area contributed by atoms with Gasteiger partial charge in [0.15, 0.2) is 0 Å². The van der Waals surface area contributed by atoms with Gasteiger partial charge in [-0.2, -0.15) is 0 Å². The fourth-order valence-corrected chi connectivity index (χ4v) is 0.786. The lowest BCUT2D eigenvalue weighted by atomic mass is 10.2. The lowest BCUT2D eigenvalue weighted by molar-refractivity contribution is -0.131. The van der Waals surface area contributed by atoms with E-state index in [1.165, 1.54) is 5.56 Å². The number of aliphatic carboxylic acids is 1. The zero-order chi connectivity index (χ0) is 11.7. The predicted molar refractivity (Wildman–Crippen MR) is 60.7 cm³/mol. The minimum absolute atomic E-state index is 0.833. The van der Waals surface area contributed by atoms with Crippen LogP contribution in [0.3, 0.4) is 0 Å². The van der Waals surface area contributed by atoms with E-state index in [1.54, 1.807) is 0 Å². The molecule has 0 atom stereocenters. The molecule has 0 fully saturated rings. The van der Waals surface area contributed by atoms with Crippen molar-refractivity contribution in [2.45, 2.75) is 13.3 Å². The van der Waals surface area contributed by atoms with Gasteiger partial charge in [0.05, 0.1) is 0 Å². The van der Waals surface area contributed by atoms with E-state index >= 15 is 0 Å². The Kier molecular flexibility index (Phi) is 6.55. The summed E-state index contributed by atoms with van der Waals surface area (Å²) in [6.07, 6.45) is 5.51. The standard InChI is InChI=1S/C9H11N.C3H4O2/c1-3-4-9-6-5-8(2)10-7-9;1-2-3(4)5/h3,5-7H,1,4H2,2H3;2H,1H2,(H,4,5). The van der Waals surface area contributed by atoms with Gasteiger partial charge in [-0.3, -0.25) is 4.98 Å². The summed E-state index contributed by atoms with van der Waals surface area (Å²) in [7, 11) is 0. The molecular weight excluding hydrogens is 190 g/mol. The molecule has 0 unspecified atom stereocenters. The van der Waals surface area contributed by atoms with E-state index in [0.29, 0.717) is 0 Å². The van der Waals surface area contributed by atoms with Gasteiger partial charge in [0, 0.05) is 18.0 Å². The first-order valence-corrected chi connectivity index (χ1v) is 4.48. The summed E-state index contributed by atoms with van der Waals surface area (Å²) >= 11 is 0. The smallest absolute Gasteiger partial charge is 0.327 e. The lowest BCUT2D eigenvalue weighted by Crippen LogP contribution is -1.84. The van der Waals surface area contributed by atoms with E-state index in [4.69, 9.17) is 5.11 Å². The van der Waals surface area contributed by atoms with Crippen LogP contribution < -0.4 is 0 Å². The average Bonchev–Trinajstić information content (AvgIpc) is 2.23. The molecule has 1 aromatic rings. The number of aromatic nitrogens is 1. The molecule has 0 saturated heterocycles. The van der Waals surface area contributed by atoms with Crippen LogP contribution in [0.4, 0.5) is 0 Å². The molecule has 1 rings (SSSR count). The lowest BCUT2D eigenvalue weighted by Gasteiger charge is -1.94. The van der Waals surface area contributed by atoms with E-state index in [-0.39, 0.29) is 0 Å². The van der Waals surface area contributed by atoms with E-state index in [1.807, 2.05) is 25.3 Å². The first-order valence-electron chi connectivity index (χ1n) is 4.48. The Morgan fingerprint density at radius 3 is 2.47 bits per heavy atom. The number of hydrogen-bond acceptors (Lipinski definition) is 2. The van der Waals surface area contributed by atoms with E-state index < -0.39 is 5.97 Å². The van der Waals surface area contributed by atoms with Crippen LogP contribution in [-0.2, 0) is 11.2 Å².